The molecule has 1 heterocycles. The summed E-state index contributed by atoms with van der Waals surface area (Å²) in [4.78, 5) is 1.50. The first-order valence-electron chi connectivity index (χ1n) is 4.30. The predicted octanol–water partition coefficient (Wildman–Crippen LogP) is 1.17. The molecule has 2 N–H and O–H groups in total. The van der Waals surface area contributed by atoms with Crippen molar-refractivity contribution >= 4 is 19.0 Å². The predicted molar refractivity (Wildman–Crippen MR) is 57.9 cm³/mol. The summed E-state index contributed by atoms with van der Waals surface area (Å²) in [5, 5.41) is 20.0. The fourth-order valence-corrected chi connectivity index (χ4v) is 2.39. The van der Waals surface area contributed by atoms with E-state index in [0.29, 0.717) is 0 Å². The summed E-state index contributed by atoms with van der Waals surface area (Å²) in [5.41, 5.74) is 1.07. The highest BCUT2D eigenvalue weighted by Gasteiger charge is 2.29. The van der Waals surface area contributed by atoms with Gasteiger partial charge in [0.05, 0.1) is 5.37 Å². The molecule has 5 heteroatoms. The van der Waals surface area contributed by atoms with E-state index in [0.717, 1.165) is 5.56 Å². The Morgan fingerprint density at radius 3 is 2.57 bits per heavy atom. The van der Waals surface area contributed by atoms with Gasteiger partial charge in [-0.3, -0.25) is 0 Å². The molecule has 0 spiro atoms. The van der Waals surface area contributed by atoms with Gasteiger partial charge in [0.2, 0.25) is 0 Å². The van der Waals surface area contributed by atoms with Gasteiger partial charge in [0.1, 0.15) is 0 Å². The van der Waals surface area contributed by atoms with E-state index in [4.69, 9.17) is 10.0 Å². The van der Waals surface area contributed by atoms with Crippen molar-refractivity contribution in [1.82, 2.24) is 4.81 Å². The molecule has 3 nitrogen and oxygen atoms in total. The lowest BCUT2D eigenvalue weighted by Gasteiger charge is -2.23. The molecule has 1 aromatic rings. The second-order valence-electron chi connectivity index (χ2n) is 2.98. The van der Waals surface area contributed by atoms with Crippen molar-refractivity contribution in [2.75, 3.05) is 0 Å². The molecular formula is C9H10BNO2S. The van der Waals surface area contributed by atoms with E-state index in [1.54, 1.807) is 18.0 Å². The van der Waals surface area contributed by atoms with Gasteiger partial charge in [-0.1, -0.05) is 30.3 Å². The molecule has 1 aliphatic heterocycles. The summed E-state index contributed by atoms with van der Waals surface area (Å²) in [7, 11) is -1.44. The molecule has 0 fully saturated rings. The molecule has 0 saturated carbocycles. The highest BCUT2D eigenvalue weighted by Crippen LogP contribution is 2.38. The van der Waals surface area contributed by atoms with Gasteiger partial charge in [0, 0.05) is 0 Å². The molecule has 1 unspecified atom stereocenters. The third-order valence-corrected chi connectivity index (χ3v) is 3.11. The summed E-state index contributed by atoms with van der Waals surface area (Å²) in [5.74, 6) is 0. The van der Waals surface area contributed by atoms with Crippen LogP contribution < -0.4 is 0 Å². The number of rotatable bonds is 2. The molecule has 0 aliphatic carbocycles. The molecule has 0 aromatic heterocycles. The smallest absolute Gasteiger partial charge is 0.408 e. The summed E-state index contributed by atoms with van der Waals surface area (Å²) >= 11 is 1.56. The van der Waals surface area contributed by atoms with Crippen LogP contribution in [0.4, 0.5) is 0 Å². The van der Waals surface area contributed by atoms with Crippen LogP contribution in [0.2, 0.25) is 0 Å². The van der Waals surface area contributed by atoms with Crippen LogP contribution in [0.25, 0.3) is 0 Å². The SMILES string of the molecule is OB(O)N1C=CSC1c1ccccc1. The van der Waals surface area contributed by atoms with E-state index in [1.165, 1.54) is 4.81 Å². The average Bonchev–Trinajstić information content (AvgIpc) is 2.67. The Morgan fingerprint density at radius 1 is 1.21 bits per heavy atom. The van der Waals surface area contributed by atoms with Gasteiger partial charge >= 0.3 is 7.25 Å². The third-order valence-electron chi connectivity index (χ3n) is 2.06. The van der Waals surface area contributed by atoms with Crippen LogP contribution in [0.1, 0.15) is 10.9 Å². The monoisotopic (exact) mass is 207 g/mol. The number of hydrogen-bond donors (Lipinski definition) is 2. The van der Waals surface area contributed by atoms with E-state index in [-0.39, 0.29) is 5.37 Å². The summed E-state index contributed by atoms with van der Waals surface area (Å²) in [6.45, 7) is 0. The zero-order chi connectivity index (χ0) is 9.97. The summed E-state index contributed by atoms with van der Waals surface area (Å²) < 4.78 is 0. The molecule has 1 aliphatic rings. The standard InChI is InChI=1S/C9H10BNO2S/c12-10(13)11-6-7-14-9(11)8-4-2-1-3-5-8/h1-7,9,12-13H. The normalized spacial score (nSPS) is 20.1. The summed E-state index contributed by atoms with van der Waals surface area (Å²) in [6.07, 6.45) is 1.69. The summed E-state index contributed by atoms with van der Waals surface area (Å²) in [6, 6.07) is 9.77. The van der Waals surface area contributed by atoms with E-state index >= 15 is 0 Å². The molecule has 1 atom stereocenters. The van der Waals surface area contributed by atoms with E-state index in [9.17, 15) is 0 Å². The van der Waals surface area contributed by atoms with Crippen molar-refractivity contribution in [3.05, 3.63) is 47.5 Å². The number of hydrogen-bond acceptors (Lipinski definition) is 4. The molecule has 0 amide bonds. The number of nitrogens with zero attached hydrogens (tertiary/aromatic N) is 1. The topological polar surface area (TPSA) is 43.7 Å². The zero-order valence-electron chi connectivity index (χ0n) is 7.45. The Balaban J connectivity index is 2.20. The van der Waals surface area contributed by atoms with Crippen LogP contribution in [0.5, 0.6) is 0 Å². The quantitative estimate of drug-likeness (QED) is 0.714. The molecule has 14 heavy (non-hydrogen) atoms. The van der Waals surface area contributed by atoms with Gasteiger partial charge in [-0.15, -0.1) is 11.8 Å². The van der Waals surface area contributed by atoms with Gasteiger partial charge in [0.25, 0.3) is 0 Å². The Kier molecular flexibility index (Phi) is 2.81. The maximum Gasteiger partial charge on any atom is 0.588 e. The van der Waals surface area contributed by atoms with Crippen molar-refractivity contribution in [1.29, 1.82) is 0 Å². The van der Waals surface area contributed by atoms with Crippen LogP contribution in [-0.4, -0.2) is 22.1 Å². The van der Waals surface area contributed by atoms with Gasteiger partial charge in [-0.05, 0) is 17.2 Å². The van der Waals surface area contributed by atoms with Crippen molar-refractivity contribution in [2.24, 2.45) is 0 Å². The Labute approximate surface area is 87.2 Å². The van der Waals surface area contributed by atoms with Gasteiger partial charge in [-0.2, -0.15) is 0 Å². The van der Waals surface area contributed by atoms with Crippen LogP contribution in [0, 0.1) is 0 Å². The second kappa shape index (κ2) is 4.08. The van der Waals surface area contributed by atoms with Crippen LogP contribution in [0.15, 0.2) is 41.9 Å². The van der Waals surface area contributed by atoms with Crippen molar-refractivity contribution in [3.63, 3.8) is 0 Å². The minimum Gasteiger partial charge on any atom is -0.408 e. The molecule has 0 bridgehead atoms. The van der Waals surface area contributed by atoms with Crippen molar-refractivity contribution in [2.45, 2.75) is 5.37 Å². The van der Waals surface area contributed by atoms with Crippen molar-refractivity contribution in [3.8, 4) is 0 Å². The Morgan fingerprint density at radius 2 is 1.93 bits per heavy atom. The largest absolute Gasteiger partial charge is 0.588 e. The first kappa shape index (κ1) is 9.64. The number of thioether (sulfide) groups is 1. The lowest BCUT2D eigenvalue weighted by molar-refractivity contribution is 0.311. The van der Waals surface area contributed by atoms with Crippen LogP contribution in [0.3, 0.4) is 0 Å². The molecular weight excluding hydrogens is 197 g/mol. The Bertz CT molecular complexity index is 331. The molecule has 0 saturated heterocycles. The minimum absolute atomic E-state index is 0.0313. The first-order valence-corrected chi connectivity index (χ1v) is 5.24. The van der Waals surface area contributed by atoms with E-state index in [2.05, 4.69) is 0 Å². The fourth-order valence-electron chi connectivity index (χ4n) is 1.39. The highest BCUT2D eigenvalue weighted by molar-refractivity contribution is 8.02. The van der Waals surface area contributed by atoms with Gasteiger partial charge in [0.15, 0.2) is 0 Å². The van der Waals surface area contributed by atoms with Gasteiger partial charge in [-0.25, -0.2) is 0 Å². The number of benzene rings is 1. The average molecular weight is 207 g/mol. The lowest BCUT2D eigenvalue weighted by atomic mass is 10.0. The zero-order valence-corrected chi connectivity index (χ0v) is 8.26. The first-order chi connectivity index (χ1) is 6.79. The maximum absolute atomic E-state index is 9.10. The third kappa shape index (κ3) is 1.80. The Hall–Kier alpha value is -0.905. The molecule has 2 rings (SSSR count). The van der Waals surface area contributed by atoms with E-state index in [1.807, 2.05) is 35.7 Å². The van der Waals surface area contributed by atoms with Gasteiger partial charge < -0.3 is 14.9 Å². The fraction of sp³-hybridized carbons (Fsp3) is 0.111. The van der Waals surface area contributed by atoms with Crippen LogP contribution >= 0.6 is 11.8 Å². The minimum atomic E-state index is -1.44. The highest BCUT2D eigenvalue weighted by atomic mass is 32.2. The lowest BCUT2D eigenvalue weighted by Crippen LogP contribution is -2.35. The maximum atomic E-state index is 9.10. The van der Waals surface area contributed by atoms with E-state index < -0.39 is 7.25 Å². The molecule has 72 valence electrons. The van der Waals surface area contributed by atoms with Crippen molar-refractivity contribution < 1.29 is 10.0 Å². The molecule has 0 radical (unpaired) electrons. The molecule has 1 aromatic carbocycles. The second-order valence-corrected chi connectivity index (χ2v) is 3.97. The van der Waals surface area contributed by atoms with Crippen LogP contribution in [-0.2, 0) is 0 Å².